The van der Waals surface area contributed by atoms with Gasteiger partial charge in [0.25, 0.3) is 0 Å². The zero-order valence-electron chi connectivity index (χ0n) is 20.7. The summed E-state index contributed by atoms with van der Waals surface area (Å²) in [5, 5.41) is 0. The summed E-state index contributed by atoms with van der Waals surface area (Å²) in [4.78, 5) is 15.4. The molecule has 0 saturated carbocycles. The molecule has 0 spiro atoms. The number of rotatable bonds is 10. The number of ether oxygens (including phenoxy) is 3. The fraction of sp³-hybridized carbons (Fsp3) is 0.367. The Morgan fingerprint density at radius 2 is 1.44 bits per heavy atom. The normalized spacial score (nSPS) is 20.4. The first-order chi connectivity index (χ1) is 17.6. The van der Waals surface area contributed by atoms with Gasteiger partial charge in [0, 0.05) is 10.5 Å². The standard InChI is InChI=1S/C30H34INO4/c1-23-27(31)17-18-29(36-23)28(22-34-20-25-13-7-3-8-14-25)32(19-24-11-5-2-6-12-24)30(33)35-21-26-15-9-4-10-16-26/h2-16,23,27-29H,17-22H2,1H3/t23?,27?,28-,29-/m0/s1. The molecule has 1 aliphatic heterocycles. The molecule has 5 nitrogen and oxygen atoms in total. The highest BCUT2D eigenvalue weighted by molar-refractivity contribution is 14.1. The molecule has 190 valence electrons. The second-order valence-corrected chi connectivity index (χ2v) is 10.8. The first-order valence-corrected chi connectivity index (χ1v) is 13.8. The van der Waals surface area contributed by atoms with Gasteiger partial charge in [0.1, 0.15) is 6.61 Å². The largest absolute Gasteiger partial charge is 0.445 e. The lowest BCUT2D eigenvalue weighted by Crippen LogP contribution is -2.53. The van der Waals surface area contributed by atoms with Gasteiger partial charge in [-0.3, -0.25) is 4.90 Å². The number of carbonyl (C=O) groups is 1. The van der Waals surface area contributed by atoms with Gasteiger partial charge in [-0.25, -0.2) is 4.79 Å². The number of benzene rings is 3. The zero-order valence-corrected chi connectivity index (χ0v) is 22.8. The second kappa shape index (κ2) is 13.8. The second-order valence-electron chi connectivity index (χ2n) is 9.19. The smallest absolute Gasteiger partial charge is 0.410 e. The van der Waals surface area contributed by atoms with Crippen molar-refractivity contribution in [1.29, 1.82) is 0 Å². The summed E-state index contributed by atoms with van der Waals surface area (Å²) in [6.45, 7) is 3.61. The van der Waals surface area contributed by atoms with Crippen LogP contribution in [0.5, 0.6) is 0 Å². The van der Waals surface area contributed by atoms with Gasteiger partial charge in [-0.15, -0.1) is 0 Å². The van der Waals surface area contributed by atoms with Crippen molar-refractivity contribution in [3.05, 3.63) is 108 Å². The fourth-order valence-corrected chi connectivity index (χ4v) is 4.97. The first kappa shape index (κ1) is 26.6. The van der Waals surface area contributed by atoms with Gasteiger partial charge in [-0.1, -0.05) is 114 Å². The monoisotopic (exact) mass is 599 g/mol. The topological polar surface area (TPSA) is 48.0 Å². The lowest BCUT2D eigenvalue weighted by molar-refractivity contribution is -0.0952. The van der Waals surface area contributed by atoms with E-state index in [2.05, 4.69) is 29.5 Å². The van der Waals surface area contributed by atoms with Gasteiger partial charge in [0.2, 0.25) is 0 Å². The molecule has 1 amide bonds. The minimum absolute atomic E-state index is 0.111. The Morgan fingerprint density at radius 1 is 0.889 bits per heavy atom. The van der Waals surface area contributed by atoms with Crippen LogP contribution in [0.25, 0.3) is 0 Å². The van der Waals surface area contributed by atoms with Gasteiger partial charge >= 0.3 is 6.09 Å². The molecule has 1 saturated heterocycles. The summed E-state index contributed by atoms with van der Waals surface area (Å²) < 4.78 is 18.9. The van der Waals surface area contributed by atoms with E-state index in [1.165, 1.54) is 0 Å². The highest BCUT2D eigenvalue weighted by Crippen LogP contribution is 2.30. The van der Waals surface area contributed by atoms with Gasteiger partial charge in [0.05, 0.1) is 31.5 Å². The van der Waals surface area contributed by atoms with E-state index in [1.54, 1.807) is 4.90 Å². The van der Waals surface area contributed by atoms with E-state index < -0.39 is 0 Å². The minimum atomic E-state index is -0.358. The van der Waals surface area contributed by atoms with Crippen LogP contribution in [0.3, 0.4) is 0 Å². The number of amides is 1. The van der Waals surface area contributed by atoms with E-state index >= 15 is 0 Å². The molecule has 36 heavy (non-hydrogen) atoms. The Balaban J connectivity index is 1.54. The molecule has 0 aliphatic carbocycles. The summed E-state index contributed by atoms with van der Waals surface area (Å²) in [5.41, 5.74) is 3.10. The molecular weight excluding hydrogens is 565 g/mol. The van der Waals surface area contributed by atoms with Crippen LogP contribution in [0, 0.1) is 0 Å². The highest BCUT2D eigenvalue weighted by Gasteiger charge is 2.37. The summed E-state index contributed by atoms with van der Waals surface area (Å²) in [5.74, 6) is 0. The lowest BCUT2D eigenvalue weighted by atomic mass is 9.98. The van der Waals surface area contributed by atoms with E-state index in [0.29, 0.717) is 23.7 Å². The van der Waals surface area contributed by atoms with Crippen LogP contribution >= 0.6 is 22.6 Å². The van der Waals surface area contributed by atoms with E-state index in [9.17, 15) is 4.79 Å². The number of hydrogen-bond donors (Lipinski definition) is 0. The average Bonchev–Trinajstić information content (AvgIpc) is 2.92. The molecule has 3 aromatic carbocycles. The molecule has 0 radical (unpaired) electrons. The maximum Gasteiger partial charge on any atom is 0.410 e. The third-order valence-corrected chi connectivity index (χ3v) is 8.13. The minimum Gasteiger partial charge on any atom is -0.445 e. The van der Waals surface area contributed by atoms with Gasteiger partial charge in [-0.05, 0) is 36.5 Å². The van der Waals surface area contributed by atoms with E-state index in [-0.39, 0.29) is 30.9 Å². The molecule has 1 heterocycles. The lowest BCUT2D eigenvalue weighted by Gasteiger charge is -2.41. The van der Waals surface area contributed by atoms with Gasteiger partial charge in [0.15, 0.2) is 0 Å². The number of halogens is 1. The van der Waals surface area contributed by atoms with E-state index in [1.807, 2.05) is 91.0 Å². The van der Waals surface area contributed by atoms with Gasteiger partial charge in [-0.2, -0.15) is 0 Å². The van der Waals surface area contributed by atoms with Crippen molar-refractivity contribution in [2.45, 2.75) is 61.7 Å². The third-order valence-electron chi connectivity index (χ3n) is 6.49. The molecule has 1 aliphatic rings. The molecule has 0 aromatic heterocycles. The maximum absolute atomic E-state index is 13.6. The summed E-state index contributed by atoms with van der Waals surface area (Å²) >= 11 is 2.46. The van der Waals surface area contributed by atoms with Gasteiger partial charge < -0.3 is 14.2 Å². The van der Waals surface area contributed by atoms with Crippen molar-refractivity contribution < 1.29 is 19.0 Å². The Morgan fingerprint density at radius 3 is 2.03 bits per heavy atom. The van der Waals surface area contributed by atoms with Crippen molar-refractivity contribution in [3.8, 4) is 0 Å². The summed E-state index contributed by atoms with van der Waals surface area (Å²) in [6, 6.07) is 29.6. The van der Waals surface area contributed by atoms with Crippen LogP contribution in [0.15, 0.2) is 91.0 Å². The van der Waals surface area contributed by atoms with Crippen LogP contribution in [-0.4, -0.2) is 39.8 Å². The summed E-state index contributed by atoms with van der Waals surface area (Å²) in [6.07, 6.45) is 1.53. The predicted octanol–water partition coefficient (Wildman–Crippen LogP) is 6.78. The molecular formula is C30H34INO4. The number of nitrogens with zero attached hydrogens (tertiary/aromatic N) is 1. The Labute approximate surface area is 227 Å². The summed E-state index contributed by atoms with van der Waals surface area (Å²) in [7, 11) is 0. The molecule has 4 rings (SSSR count). The van der Waals surface area contributed by atoms with E-state index in [0.717, 1.165) is 29.5 Å². The van der Waals surface area contributed by atoms with Crippen molar-refractivity contribution in [3.63, 3.8) is 0 Å². The van der Waals surface area contributed by atoms with Crippen LogP contribution in [0.1, 0.15) is 36.5 Å². The third kappa shape index (κ3) is 7.79. The van der Waals surface area contributed by atoms with Crippen molar-refractivity contribution >= 4 is 28.7 Å². The number of alkyl halides is 1. The Kier molecular flexibility index (Phi) is 10.2. The Bertz CT molecular complexity index is 1050. The van der Waals surface area contributed by atoms with Crippen LogP contribution < -0.4 is 0 Å². The highest BCUT2D eigenvalue weighted by atomic mass is 127. The molecule has 4 atom stereocenters. The first-order valence-electron chi connectivity index (χ1n) is 12.5. The van der Waals surface area contributed by atoms with Crippen molar-refractivity contribution in [2.75, 3.05) is 6.61 Å². The number of hydrogen-bond acceptors (Lipinski definition) is 4. The molecule has 6 heteroatoms. The fourth-order valence-electron chi connectivity index (χ4n) is 4.44. The van der Waals surface area contributed by atoms with Crippen LogP contribution in [0.2, 0.25) is 0 Å². The molecule has 3 aromatic rings. The van der Waals surface area contributed by atoms with Crippen molar-refractivity contribution in [2.24, 2.45) is 0 Å². The predicted molar refractivity (Wildman–Crippen MR) is 150 cm³/mol. The van der Waals surface area contributed by atoms with Crippen LogP contribution in [0.4, 0.5) is 4.79 Å². The quantitative estimate of drug-likeness (QED) is 0.191. The molecule has 0 bridgehead atoms. The average molecular weight is 600 g/mol. The Hall–Kier alpha value is -2.42. The van der Waals surface area contributed by atoms with Crippen molar-refractivity contribution in [1.82, 2.24) is 4.90 Å². The molecule has 0 N–H and O–H groups in total. The van der Waals surface area contributed by atoms with E-state index in [4.69, 9.17) is 14.2 Å². The molecule has 2 unspecified atom stereocenters. The van der Waals surface area contributed by atoms with Crippen LogP contribution in [-0.2, 0) is 34.0 Å². The zero-order chi connectivity index (χ0) is 25.2. The molecule has 1 fully saturated rings. The number of carbonyl (C=O) groups excluding carboxylic acids is 1. The SMILES string of the molecule is CC1O[C@H]([C@H](COCc2ccccc2)N(Cc2ccccc2)C(=O)OCc2ccccc2)CCC1I. The maximum atomic E-state index is 13.6.